The van der Waals surface area contributed by atoms with Crippen LogP contribution in [0.25, 0.3) is 10.8 Å². The van der Waals surface area contributed by atoms with Gasteiger partial charge in [0.1, 0.15) is 0 Å². The molecule has 1 aliphatic heterocycles. The fourth-order valence-corrected chi connectivity index (χ4v) is 5.64. The number of benzene rings is 4. The molecule has 32 heavy (non-hydrogen) atoms. The van der Waals surface area contributed by atoms with Crippen LogP contribution in [0.15, 0.2) is 60.7 Å². The second kappa shape index (κ2) is 7.58. The summed E-state index contributed by atoms with van der Waals surface area (Å²) in [6.07, 6.45) is 0. The molecular weight excluding hydrogens is 390 g/mol. The van der Waals surface area contributed by atoms with Gasteiger partial charge in [0.05, 0.1) is 12.1 Å². The number of aryl methyl sites for hydroxylation is 6. The summed E-state index contributed by atoms with van der Waals surface area (Å²) in [6, 6.07) is 21.0. The Morgan fingerprint density at radius 3 is 1.41 bits per heavy atom. The Bertz CT molecular complexity index is 1270. The van der Waals surface area contributed by atoms with Crippen molar-refractivity contribution in [1.82, 2.24) is 5.06 Å². The van der Waals surface area contributed by atoms with Gasteiger partial charge >= 0.3 is 0 Å². The second-order valence-electron chi connectivity index (χ2n) is 9.58. The molecule has 1 heterocycles. The predicted molar refractivity (Wildman–Crippen MR) is 131 cm³/mol. The van der Waals surface area contributed by atoms with Crippen LogP contribution in [0.5, 0.6) is 0 Å². The van der Waals surface area contributed by atoms with Crippen molar-refractivity contribution in [2.24, 2.45) is 0 Å². The average molecular weight is 421 g/mol. The van der Waals surface area contributed by atoms with E-state index in [1.807, 2.05) is 0 Å². The Kier molecular flexibility index (Phi) is 4.96. The van der Waals surface area contributed by atoms with Crippen molar-refractivity contribution in [2.45, 2.75) is 53.6 Å². The predicted octanol–water partition coefficient (Wildman–Crippen LogP) is 7.53. The van der Waals surface area contributed by atoms with Gasteiger partial charge in [-0.1, -0.05) is 71.8 Å². The molecule has 0 spiro atoms. The molecule has 0 aliphatic carbocycles. The van der Waals surface area contributed by atoms with E-state index >= 15 is 0 Å². The minimum atomic E-state index is -0.334. The molecule has 1 aliphatic rings. The summed E-state index contributed by atoms with van der Waals surface area (Å²) in [7, 11) is 0. The molecule has 0 fully saturated rings. The lowest BCUT2D eigenvalue weighted by molar-refractivity contribution is -0.204. The first-order valence-electron chi connectivity index (χ1n) is 11.4. The van der Waals surface area contributed by atoms with Gasteiger partial charge in [0.2, 0.25) is 0 Å². The first kappa shape index (κ1) is 20.9. The largest absolute Gasteiger partial charge is 0.131 e. The summed E-state index contributed by atoms with van der Waals surface area (Å²) in [6.45, 7) is 12.8. The zero-order valence-corrected chi connectivity index (χ0v) is 19.8. The topological polar surface area (TPSA) is 23.1 Å². The van der Waals surface area contributed by atoms with Crippen molar-refractivity contribution in [3.05, 3.63) is 116 Å². The standard InChI is InChI=1S/C30H30NO/c1-17-7-13-24(21(5)15-17)29-26-19(3)9-11-23-12-10-20(4)27(28(23)26)30(31(29)32)25-14-8-18(2)16-22(25)6/h7-16,29-30H,1-6H3/t29-,30-/m0/s1. The van der Waals surface area contributed by atoms with Gasteiger partial charge in [0.25, 0.3) is 0 Å². The lowest BCUT2D eigenvalue weighted by Gasteiger charge is -2.40. The van der Waals surface area contributed by atoms with E-state index in [2.05, 4.69) is 102 Å². The molecule has 0 aromatic heterocycles. The number of hydrogen-bond donors (Lipinski definition) is 0. The molecule has 4 aromatic rings. The van der Waals surface area contributed by atoms with Crippen molar-refractivity contribution in [3.8, 4) is 0 Å². The molecule has 2 atom stereocenters. The molecule has 0 saturated heterocycles. The Labute approximate surface area is 191 Å². The molecule has 0 saturated carbocycles. The molecule has 0 unspecified atom stereocenters. The van der Waals surface area contributed by atoms with Crippen molar-refractivity contribution < 1.29 is 5.21 Å². The molecule has 0 N–H and O–H groups in total. The summed E-state index contributed by atoms with van der Waals surface area (Å²) in [4.78, 5) is 0. The van der Waals surface area contributed by atoms with Gasteiger partial charge in [-0.2, -0.15) is 0 Å². The molecule has 0 amide bonds. The number of hydroxylamine groups is 2. The molecule has 1 radical (unpaired) electrons. The van der Waals surface area contributed by atoms with Gasteiger partial charge in [-0.3, -0.25) is 0 Å². The highest BCUT2D eigenvalue weighted by molar-refractivity contribution is 5.93. The Morgan fingerprint density at radius 2 is 1.00 bits per heavy atom. The summed E-state index contributed by atoms with van der Waals surface area (Å²) < 4.78 is 0. The minimum absolute atomic E-state index is 0.334. The van der Waals surface area contributed by atoms with Crippen LogP contribution in [0.4, 0.5) is 0 Å². The fraction of sp³-hybridized carbons (Fsp3) is 0.267. The van der Waals surface area contributed by atoms with Crippen LogP contribution in [0.3, 0.4) is 0 Å². The normalized spacial score (nSPS) is 18.3. The lowest BCUT2D eigenvalue weighted by Crippen LogP contribution is -2.35. The molecule has 4 aromatic carbocycles. The van der Waals surface area contributed by atoms with Crippen LogP contribution >= 0.6 is 0 Å². The number of hydrogen-bond acceptors (Lipinski definition) is 1. The highest BCUT2D eigenvalue weighted by atomic mass is 16.5. The Hall–Kier alpha value is -2.94. The van der Waals surface area contributed by atoms with Crippen LogP contribution in [-0.2, 0) is 5.21 Å². The highest BCUT2D eigenvalue weighted by Crippen LogP contribution is 2.50. The lowest BCUT2D eigenvalue weighted by atomic mass is 9.77. The SMILES string of the molecule is Cc1ccc([C@H]2c3c(C)ccc4ccc(C)c(c34)[C@H](c3ccc(C)cc3C)N2[O])c(C)c1. The van der Waals surface area contributed by atoms with Crippen LogP contribution in [0.2, 0.25) is 0 Å². The maximum Gasteiger partial charge on any atom is 0.0905 e. The van der Waals surface area contributed by atoms with Gasteiger partial charge in [0, 0.05) is 0 Å². The van der Waals surface area contributed by atoms with Crippen molar-refractivity contribution in [1.29, 1.82) is 0 Å². The third-order valence-corrected chi connectivity index (χ3v) is 7.20. The van der Waals surface area contributed by atoms with Crippen molar-refractivity contribution >= 4 is 10.8 Å². The molecule has 2 heteroatoms. The van der Waals surface area contributed by atoms with Crippen LogP contribution < -0.4 is 0 Å². The third kappa shape index (κ3) is 3.09. The fourth-order valence-electron chi connectivity index (χ4n) is 5.64. The number of nitrogens with zero attached hydrogens (tertiary/aromatic N) is 1. The zero-order valence-electron chi connectivity index (χ0n) is 19.8. The summed E-state index contributed by atoms with van der Waals surface area (Å²) in [5.41, 5.74) is 11.6. The van der Waals surface area contributed by atoms with E-state index in [1.165, 1.54) is 49.2 Å². The monoisotopic (exact) mass is 420 g/mol. The number of rotatable bonds is 2. The van der Waals surface area contributed by atoms with Gasteiger partial charge in [-0.05, 0) is 96.8 Å². The van der Waals surface area contributed by atoms with E-state index in [-0.39, 0.29) is 12.1 Å². The maximum atomic E-state index is 14.4. The second-order valence-corrected chi connectivity index (χ2v) is 9.58. The van der Waals surface area contributed by atoms with Gasteiger partial charge < -0.3 is 0 Å². The Morgan fingerprint density at radius 1 is 0.562 bits per heavy atom. The molecule has 2 nitrogen and oxygen atoms in total. The minimum Gasteiger partial charge on any atom is -0.131 e. The molecule has 0 bridgehead atoms. The quantitative estimate of drug-likeness (QED) is 0.329. The van der Waals surface area contributed by atoms with Crippen LogP contribution in [-0.4, -0.2) is 5.06 Å². The van der Waals surface area contributed by atoms with Gasteiger partial charge in [0.15, 0.2) is 0 Å². The third-order valence-electron chi connectivity index (χ3n) is 7.20. The average Bonchev–Trinajstić information content (AvgIpc) is 2.73. The van der Waals surface area contributed by atoms with Crippen molar-refractivity contribution in [2.75, 3.05) is 0 Å². The highest BCUT2D eigenvalue weighted by Gasteiger charge is 2.40. The van der Waals surface area contributed by atoms with Gasteiger partial charge in [-0.25, -0.2) is 0 Å². The van der Waals surface area contributed by atoms with E-state index in [4.69, 9.17) is 0 Å². The Balaban J connectivity index is 1.90. The first-order valence-corrected chi connectivity index (χ1v) is 11.4. The summed E-state index contributed by atoms with van der Waals surface area (Å²) in [5, 5.41) is 18.3. The van der Waals surface area contributed by atoms with Crippen LogP contribution in [0.1, 0.15) is 67.7 Å². The van der Waals surface area contributed by atoms with Crippen molar-refractivity contribution in [3.63, 3.8) is 0 Å². The van der Waals surface area contributed by atoms with E-state index in [9.17, 15) is 5.21 Å². The summed E-state index contributed by atoms with van der Waals surface area (Å²) in [5.74, 6) is 0. The van der Waals surface area contributed by atoms with E-state index < -0.39 is 0 Å². The van der Waals surface area contributed by atoms with Gasteiger partial charge in [-0.15, -0.1) is 10.3 Å². The van der Waals surface area contributed by atoms with E-state index in [0.29, 0.717) is 0 Å². The van der Waals surface area contributed by atoms with Crippen LogP contribution in [0, 0.1) is 41.5 Å². The molecule has 5 rings (SSSR count). The molecular formula is C30H30NO. The molecule has 161 valence electrons. The van der Waals surface area contributed by atoms with E-state index in [1.54, 1.807) is 0 Å². The smallest absolute Gasteiger partial charge is 0.0905 e. The zero-order chi connectivity index (χ0) is 22.7. The summed E-state index contributed by atoms with van der Waals surface area (Å²) >= 11 is 0. The first-order chi connectivity index (χ1) is 15.3. The van der Waals surface area contributed by atoms with E-state index in [0.717, 1.165) is 22.3 Å². The maximum absolute atomic E-state index is 14.4.